The van der Waals surface area contributed by atoms with Crippen LogP contribution in [0.1, 0.15) is 13.8 Å². The van der Waals surface area contributed by atoms with E-state index < -0.39 is 5.56 Å². The Morgan fingerprint density at radius 2 is 1.88 bits per heavy atom. The molecule has 130 valence electrons. The summed E-state index contributed by atoms with van der Waals surface area (Å²) >= 11 is 0. The maximum Gasteiger partial charge on any atom is 0.293 e. The van der Waals surface area contributed by atoms with Gasteiger partial charge >= 0.3 is 0 Å². The number of hydrogen-bond donors (Lipinski definition) is 0. The minimum absolute atomic E-state index is 0.117. The van der Waals surface area contributed by atoms with Crippen molar-refractivity contribution >= 4 is 11.4 Å². The van der Waals surface area contributed by atoms with Crippen molar-refractivity contribution in [2.45, 2.75) is 20.4 Å². The molecule has 2 aromatic heterocycles. The predicted octanol–water partition coefficient (Wildman–Crippen LogP) is 1.57. The van der Waals surface area contributed by atoms with Crippen LogP contribution in [0.3, 0.4) is 0 Å². The molecule has 0 saturated heterocycles. The Labute approximate surface area is 143 Å². The highest BCUT2D eigenvalue weighted by atomic mass is 19.1. The first-order chi connectivity index (χ1) is 12.0. The SMILES string of the molecule is CCN(CC)C(=O)Cn1ncn2nc(-c3ccc(F)cc3)cc2c1=O. The molecular weight excluding hydrogens is 325 g/mol. The molecule has 0 aliphatic carbocycles. The monoisotopic (exact) mass is 343 g/mol. The molecule has 0 unspecified atom stereocenters. The first-order valence-corrected chi connectivity index (χ1v) is 8.02. The number of amides is 1. The number of hydrogen-bond acceptors (Lipinski definition) is 4. The molecule has 1 aromatic carbocycles. The van der Waals surface area contributed by atoms with Crippen LogP contribution in [0.25, 0.3) is 16.8 Å². The van der Waals surface area contributed by atoms with Crippen molar-refractivity contribution in [3.05, 3.63) is 52.8 Å². The van der Waals surface area contributed by atoms with Crippen LogP contribution in [0.4, 0.5) is 4.39 Å². The molecule has 0 spiro atoms. The number of likely N-dealkylation sites (N-methyl/N-ethyl adjacent to an activating group) is 1. The quantitative estimate of drug-likeness (QED) is 0.705. The van der Waals surface area contributed by atoms with Gasteiger partial charge in [-0.15, -0.1) is 0 Å². The Kier molecular flexibility index (Phi) is 4.60. The van der Waals surface area contributed by atoms with E-state index in [1.54, 1.807) is 23.1 Å². The van der Waals surface area contributed by atoms with Crippen molar-refractivity contribution in [2.24, 2.45) is 0 Å². The molecule has 3 aromatic rings. The maximum atomic E-state index is 13.0. The van der Waals surface area contributed by atoms with Gasteiger partial charge in [-0.05, 0) is 44.2 Å². The van der Waals surface area contributed by atoms with Crippen molar-refractivity contribution in [3.8, 4) is 11.3 Å². The molecule has 0 bridgehead atoms. The lowest BCUT2D eigenvalue weighted by molar-refractivity contribution is -0.131. The summed E-state index contributed by atoms with van der Waals surface area (Å²) in [5, 5.41) is 8.30. The van der Waals surface area contributed by atoms with E-state index in [0.717, 1.165) is 4.68 Å². The van der Waals surface area contributed by atoms with Crippen molar-refractivity contribution < 1.29 is 9.18 Å². The van der Waals surface area contributed by atoms with E-state index >= 15 is 0 Å². The zero-order valence-corrected chi connectivity index (χ0v) is 14.0. The molecule has 0 aliphatic rings. The highest BCUT2D eigenvalue weighted by Gasteiger charge is 2.15. The van der Waals surface area contributed by atoms with Gasteiger partial charge in [0.25, 0.3) is 5.56 Å². The molecule has 0 atom stereocenters. The lowest BCUT2D eigenvalue weighted by Gasteiger charge is -2.18. The first kappa shape index (κ1) is 16.8. The molecule has 2 heterocycles. The van der Waals surface area contributed by atoms with E-state index in [2.05, 4.69) is 10.2 Å². The van der Waals surface area contributed by atoms with E-state index in [1.165, 1.54) is 23.0 Å². The standard InChI is InChI=1S/C17H18FN5O2/c1-3-21(4-2)16(24)10-22-17(25)15-9-14(20-23(15)11-19-22)12-5-7-13(18)8-6-12/h5-9,11H,3-4,10H2,1-2H3. The van der Waals surface area contributed by atoms with Gasteiger partial charge in [0.2, 0.25) is 5.91 Å². The Hall–Kier alpha value is -3.03. The van der Waals surface area contributed by atoms with Gasteiger partial charge in [-0.25, -0.2) is 13.6 Å². The molecule has 0 N–H and O–H groups in total. The molecule has 0 radical (unpaired) electrons. The molecule has 25 heavy (non-hydrogen) atoms. The summed E-state index contributed by atoms with van der Waals surface area (Å²) in [6.45, 7) is 4.80. The fourth-order valence-electron chi connectivity index (χ4n) is 2.62. The number of halogens is 1. The topological polar surface area (TPSA) is 72.5 Å². The molecule has 0 fully saturated rings. The van der Waals surface area contributed by atoms with E-state index in [0.29, 0.717) is 29.9 Å². The molecule has 7 nitrogen and oxygen atoms in total. The molecule has 1 amide bonds. The molecule has 0 aliphatic heterocycles. The van der Waals surface area contributed by atoms with Crippen LogP contribution >= 0.6 is 0 Å². The lowest BCUT2D eigenvalue weighted by atomic mass is 10.1. The first-order valence-electron chi connectivity index (χ1n) is 8.02. The van der Waals surface area contributed by atoms with Gasteiger partial charge in [0.15, 0.2) is 0 Å². The molecular formula is C17H18FN5O2. The van der Waals surface area contributed by atoms with Gasteiger partial charge in [0.05, 0.1) is 5.69 Å². The van der Waals surface area contributed by atoms with Gasteiger partial charge in [0, 0.05) is 18.7 Å². The fourth-order valence-corrected chi connectivity index (χ4v) is 2.62. The zero-order valence-electron chi connectivity index (χ0n) is 14.0. The predicted molar refractivity (Wildman–Crippen MR) is 90.6 cm³/mol. The second-order valence-corrected chi connectivity index (χ2v) is 5.53. The van der Waals surface area contributed by atoms with Crippen molar-refractivity contribution in [1.82, 2.24) is 24.3 Å². The average Bonchev–Trinajstić information content (AvgIpc) is 3.04. The van der Waals surface area contributed by atoms with Gasteiger partial charge in [-0.3, -0.25) is 9.59 Å². The van der Waals surface area contributed by atoms with Crippen molar-refractivity contribution in [1.29, 1.82) is 0 Å². The highest BCUT2D eigenvalue weighted by molar-refractivity contribution is 5.76. The lowest BCUT2D eigenvalue weighted by Crippen LogP contribution is -2.37. The van der Waals surface area contributed by atoms with E-state index in [9.17, 15) is 14.0 Å². The van der Waals surface area contributed by atoms with Gasteiger partial charge in [0.1, 0.15) is 24.2 Å². The number of benzene rings is 1. The second-order valence-electron chi connectivity index (χ2n) is 5.53. The number of aromatic nitrogens is 4. The van der Waals surface area contributed by atoms with Crippen LogP contribution in [0.15, 0.2) is 41.5 Å². The van der Waals surface area contributed by atoms with Crippen molar-refractivity contribution in [2.75, 3.05) is 13.1 Å². The van der Waals surface area contributed by atoms with Crippen LogP contribution in [0.2, 0.25) is 0 Å². The molecule has 0 saturated carbocycles. The average molecular weight is 343 g/mol. The van der Waals surface area contributed by atoms with Crippen LogP contribution in [-0.2, 0) is 11.3 Å². The van der Waals surface area contributed by atoms with Crippen LogP contribution in [0, 0.1) is 5.82 Å². The molecule has 8 heteroatoms. The summed E-state index contributed by atoms with van der Waals surface area (Å²) in [4.78, 5) is 26.4. The Bertz CT molecular complexity index is 957. The Balaban J connectivity index is 1.96. The minimum atomic E-state index is -0.399. The van der Waals surface area contributed by atoms with E-state index in [4.69, 9.17) is 0 Å². The Morgan fingerprint density at radius 3 is 2.52 bits per heavy atom. The number of rotatable bonds is 5. The Morgan fingerprint density at radius 1 is 1.20 bits per heavy atom. The second kappa shape index (κ2) is 6.84. The van der Waals surface area contributed by atoms with Gasteiger partial charge < -0.3 is 4.90 Å². The third-order valence-electron chi connectivity index (χ3n) is 4.03. The van der Waals surface area contributed by atoms with E-state index in [1.807, 2.05) is 13.8 Å². The summed E-state index contributed by atoms with van der Waals surface area (Å²) in [6, 6.07) is 7.45. The number of carbonyl (C=O) groups excluding carboxylic acids is 1. The van der Waals surface area contributed by atoms with Crippen LogP contribution < -0.4 is 5.56 Å². The number of carbonyl (C=O) groups is 1. The summed E-state index contributed by atoms with van der Waals surface area (Å²) in [7, 11) is 0. The smallest absolute Gasteiger partial charge is 0.293 e. The summed E-state index contributed by atoms with van der Waals surface area (Å²) < 4.78 is 15.5. The summed E-state index contributed by atoms with van der Waals surface area (Å²) in [5.74, 6) is -0.506. The largest absolute Gasteiger partial charge is 0.342 e. The van der Waals surface area contributed by atoms with Crippen molar-refractivity contribution in [3.63, 3.8) is 0 Å². The number of fused-ring (bicyclic) bond motifs is 1. The van der Waals surface area contributed by atoms with Gasteiger partial charge in [-0.2, -0.15) is 10.2 Å². The fraction of sp³-hybridized carbons (Fsp3) is 0.294. The third-order valence-corrected chi connectivity index (χ3v) is 4.03. The summed E-state index contributed by atoms with van der Waals surface area (Å²) in [5.41, 5.74) is 1.13. The number of nitrogens with zero attached hydrogens (tertiary/aromatic N) is 5. The minimum Gasteiger partial charge on any atom is -0.342 e. The summed E-state index contributed by atoms with van der Waals surface area (Å²) in [6.07, 6.45) is 1.39. The zero-order chi connectivity index (χ0) is 18.0. The van der Waals surface area contributed by atoms with Gasteiger partial charge in [-0.1, -0.05) is 0 Å². The third kappa shape index (κ3) is 3.28. The highest BCUT2D eigenvalue weighted by Crippen LogP contribution is 2.18. The van der Waals surface area contributed by atoms with Crippen LogP contribution in [0.5, 0.6) is 0 Å². The maximum absolute atomic E-state index is 13.0. The normalized spacial score (nSPS) is 11.0. The van der Waals surface area contributed by atoms with Crippen LogP contribution in [-0.4, -0.2) is 43.3 Å². The molecule has 3 rings (SSSR count). The van der Waals surface area contributed by atoms with E-state index in [-0.39, 0.29) is 18.3 Å².